The van der Waals surface area contributed by atoms with Crippen molar-refractivity contribution in [1.29, 1.82) is 0 Å². The lowest BCUT2D eigenvalue weighted by Crippen LogP contribution is -2.20. The van der Waals surface area contributed by atoms with Gasteiger partial charge in [0.1, 0.15) is 0 Å². The number of nitrogens with zero attached hydrogens (tertiary/aromatic N) is 1. The van der Waals surface area contributed by atoms with Crippen LogP contribution in [0.3, 0.4) is 0 Å². The van der Waals surface area contributed by atoms with Crippen molar-refractivity contribution in [2.24, 2.45) is 0 Å². The molecular weight excluding hydrogens is 284 g/mol. The summed E-state index contributed by atoms with van der Waals surface area (Å²) >= 11 is 1.17. The highest BCUT2D eigenvalue weighted by atomic mass is 32.1. The Labute approximate surface area is 119 Å². The molecule has 0 radical (unpaired) electrons. The molecule has 1 N–H and O–H groups in total. The quantitative estimate of drug-likeness (QED) is 0.620. The summed E-state index contributed by atoms with van der Waals surface area (Å²) in [6.45, 7) is 1.27. The molecule has 1 aromatic heterocycles. The molecule has 0 spiro atoms. The summed E-state index contributed by atoms with van der Waals surface area (Å²) in [4.78, 5) is 37.6. The third-order valence-electron chi connectivity index (χ3n) is 2.00. The number of rotatable bonds is 6. The number of anilines is 1. The largest absolute Gasteiger partial charge is 0.469 e. The monoisotopic (exact) mass is 298 g/mol. The van der Waals surface area contributed by atoms with Gasteiger partial charge in [-0.2, -0.15) is 0 Å². The van der Waals surface area contributed by atoms with Crippen LogP contribution >= 0.6 is 11.3 Å². The van der Waals surface area contributed by atoms with Crippen LogP contribution in [-0.2, 0) is 30.3 Å². The molecule has 1 heterocycles. The Morgan fingerprint density at radius 1 is 1.45 bits per heavy atom. The zero-order valence-electron chi connectivity index (χ0n) is 11.0. The first kappa shape index (κ1) is 15.8. The van der Waals surface area contributed by atoms with Crippen molar-refractivity contribution >= 4 is 34.3 Å². The fraction of sp³-hybridized carbons (Fsp3) is 0.333. The second-order valence-electron chi connectivity index (χ2n) is 3.55. The van der Waals surface area contributed by atoms with Gasteiger partial charge in [-0.1, -0.05) is 6.08 Å². The Bertz CT molecular complexity index is 524. The van der Waals surface area contributed by atoms with E-state index in [4.69, 9.17) is 0 Å². The van der Waals surface area contributed by atoms with Crippen molar-refractivity contribution in [3.8, 4) is 0 Å². The SMILES string of the molecule is C/C=C/C(=O)OCC(=O)Nc1nc(CC(=O)OC)cs1. The number of hydrogen-bond acceptors (Lipinski definition) is 7. The smallest absolute Gasteiger partial charge is 0.330 e. The molecule has 1 amide bonds. The zero-order valence-corrected chi connectivity index (χ0v) is 11.9. The molecule has 108 valence electrons. The maximum absolute atomic E-state index is 11.5. The van der Waals surface area contributed by atoms with Crippen molar-refractivity contribution in [2.75, 3.05) is 19.0 Å². The van der Waals surface area contributed by atoms with Gasteiger partial charge in [-0.05, 0) is 6.92 Å². The molecule has 1 aromatic rings. The molecule has 20 heavy (non-hydrogen) atoms. The minimum atomic E-state index is -0.590. The Morgan fingerprint density at radius 3 is 2.85 bits per heavy atom. The first-order valence-electron chi connectivity index (χ1n) is 5.65. The van der Waals surface area contributed by atoms with E-state index in [-0.39, 0.29) is 6.42 Å². The molecule has 7 nitrogen and oxygen atoms in total. The molecule has 0 aliphatic heterocycles. The molecule has 0 saturated heterocycles. The third-order valence-corrected chi connectivity index (χ3v) is 2.81. The second kappa shape index (κ2) is 8.05. The van der Waals surface area contributed by atoms with E-state index in [1.165, 1.54) is 30.6 Å². The third kappa shape index (κ3) is 5.61. The van der Waals surface area contributed by atoms with Gasteiger partial charge in [0, 0.05) is 11.5 Å². The van der Waals surface area contributed by atoms with Crippen molar-refractivity contribution < 1.29 is 23.9 Å². The topological polar surface area (TPSA) is 94.6 Å². The van der Waals surface area contributed by atoms with Crippen LogP contribution in [0.25, 0.3) is 0 Å². The lowest BCUT2D eigenvalue weighted by Gasteiger charge is -2.01. The highest BCUT2D eigenvalue weighted by Gasteiger charge is 2.10. The van der Waals surface area contributed by atoms with Gasteiger partial charge >= 0.3 is 11.9 Å². The number of methoxy groups -OCH3 is 1. The van der Waals surface area contributed by atoms with Crippen LogP contribution in [0, 0.1) is 0 Å². The molecule has 0 atom stereocenters. The zero-order chi connectivity index (χ0) is 15.0. The molecule has 0 saturated carbocycles. The van der Waals surface area contributed by atoms with Crippen LogP contribution in [0.15, 0.2) is 17.5 Å². The van der Waals surface area contributed by atoms with Crippen molar-refractivity contribution in [1.82, 2.24) is 4.98 Å². The minimum absolute atomic E-state index is 0.0408. The van der Waals surface area contributed by atoms with Crippen LogP contribution < -0.4 is 5.32 Å². The van der Waals surface area contributed by atoms with E-state index in [1.54, 1.807) is 12.3 Å². The molecule has 0 bridgehead atoms. The number of esters is 2. The maximum atomic E-state index is 11.5. The van der Waals surface area contributed by atoms with Crippen LogP contribution in [0.5, 0.6) is 0 Å². The van der Waals surface area contributed by atoms with E-state index in [9.17, 15) is 14.4 Å². The number of nitrogens with one attached hydrogen (secondary N) is 1. The molecule has 1 rings (SSSR count). The van der Waals surface area contributed by atoms with Gasteiger partial charge in [0.05, 0.1) is 19.2 Å². The molecule has 8 heteroatoms. The Balaban J connectivity index is 2.42. The molecule has 0 aliphatic rings. The number of allylic oxidation sites excluding steroid dienone is 1. The standard InChI is InChI=1S/C12H14N2O5S/c1-3-4-10(16)19-6-9(15)14-12-13-8(7-20-12)5-11(17)18-2/h3-4,7H,5-6H2,1-2H3,(H,13,14,15)/b4-3+. The van der Waals surface area contributed by atoms with Gasteiger partial charge in [-0.25, -0.2) is 9.78 Å². The number of carbonyl (C=O) groups excluding carboxylic acids is 3. The fourth-order valence-corrected chi connectivity index (χ4v) is 1.87. The Hall–Kier alpha value is -2.22. The summed E-state index contributed by atoms with van der Waals surface area (Å²) < 4.78 is 9.18. The molecule has 0 aromatic carbocycles. The van der Waals surface area contributed by atoms with Crippen LogP contribution in [0.1, 0.15) is 12.6 Å². The van der Waals surface area contributed by atoms with Crippen molar-refractivity contribution in [2.45, 2.75) is 13.3 Å². The molecule has 0 unspecified atom stereocenters. The van der Waals surface area contributed by atoms with Gasteiger partial charge in [0.2, 0.25) is 0 Å². The molecule has 0 fully saturated rings. The van der Waals surface area contributed by atoms with Crippen LogP contribution in [0.2, 0.25) is 0 Å². The number of carbonyl (C=O) groups is 3. The van der Waals surface area contributed by atoms with Gasteiger partial charge < -0.3 is 9.47 Å². The highest BCUT2D eigenvalue weighted by molar-refractivity contribution is 7.13. The van der Waals surface area contributed by atoms with E-state index >= 15 is 0 Å². The van der Waals surface area contributed by atoms with Gasteiger partial charge in [0.15, 0.2) is 11.7 Å². The van der Waals surface area contributed by atoms with Crippen LogP contribution in [-0.4, -0.2) is 36.5 Å². The predicted octanol–water partition coefficient (Wildman–Crippen LogP) is 0.916. The lowest BCUT2D eigenvalue weighted by atomic mass is 10.3. The number of hydrogen-bond donors (Lipinski definition) is 1. The lowest BCUT2D eigenvalue weighted by molar-refractivity contribution is -0.142. The van der Waals surface area contributed by atoms with Gasteiger partial charge in [-0.3, -0.25) is 14.9 Å². The normalized spacial score (nSPS) is 10.3. The van der Waals surface area contributed by atoms with E-state index in [1.807, 2.05) is 0 Å². The molecule has 0 aliphatic carbocycles. The first-order chi connectivity index (χ1) is 9.55. The fourth-order valence-electron chi connectivity index (χ4n) is 1.14. The van der Waals surface area contributed by atoms with Crippen LogP contribution in [0.4, 0.5) is 5.13 Å². The summed E-state index contributed by atoms with van der Waals surface area (Å²) in [5.41, 5.74) is 0.503. The summed E-state index contributed by atoms with van der Waals surface area (Å²) in [6, 6.07) is 0. The van der Waals surface area contributed by atoms with Crippen molar-refractivity contribution in [3.05, 3.63) is 23.2 Å². The Morgan fingerprint density at radius 2 is 2.20 bits per heavy atom. The minimum Gasteiger partial charge on any atom is -0.469 e. The molecular formula is C12H14N2O5S. The number of aromatic nitrogens is 1. The summed E-state index contributed by atoms with van der Waals surface area (Å²) in [6.07, 6.45) is 2.77. The number of ether oxygens (including phenoxy) is 2. The summed E-state index contributed by atoms with van der Waals surface area (Å²) in [5, 5.41) is 4.43. The van der Waals surface area contributed by atoms with E-state index in [2.05, 4.69) is 19.8 Å². The summed E-state index contributed by atoms with van der Waals surface area (Å²) in [7, 11) is 1.29. The first-order valence-corrected chi connectivity index (χ1v) is 6.53. The van der Waals surface area contributed by atoms with E-state index in [0.29, 0.717) is 10.8 Å². The Kier molecular flexibility index (Phi) is 6.38. The van der Waals surface area contributed by atoms with Crippen molar-refractivity contribution in [3.63, 3.8) is 0 Å². The van der Waals surface area contributed by atoms with E-state index in [0.717, 1.165) is 0 Å². The van der Waals surface area contributed by atoms with Gasteiger partial charge in [0.25, 0.3) is 5.91 Å². The predicted molar refractivity (Wildman–Crippen MR) is 72.2 cm³/mol. The second-order valence-corrected chi connectivity index (χ2v) is 4.41. The highest BCUT2D eigenvalue weighted by Crippen LogP contribution is 2.15. The number of thiazole rings is 1. The summed E-state index contributed by atoms with van der Waals surface area (Å²) in [5.74, 6) is -1.50. The maximum Gasteiger partial charge on any atom is 0.330 e. The average Bonchev–Trinajstić information content (AvgIpc) is 2.83. The number of amides is 1. The van der Waals surface area contributed by atoms with Gasteiger partial charge in [-0.15, -0.1) is 11.3 Å². The average molecular weight is 298 g/mol. The van der Waals surface area contributed by atoms with E-state index < -0.39 is 24.5 Å².